The highest BCUT2D eigenvalue weighted by molar-refractivity contribution is 5.91. The molecule has 0 saturated heterocycles. The van der Waals surface area contributed by atoms with Crippen LogP contribution in [0, 0.1) is 17.8 Å². The van der Waals surface area contributed by atoms with Crippen LogP contribution in [0.5, 0.6) is 17.2 Å². The van der Waals surface area contributed by atoms with Crippen molar-refractivity contribution in [1.82, 2.24) is 0 Å². The summed E-state index contributed by atoms with van der Waals surface area (Å²) in [5.41, 5.74) is 2.40. The van der Waals surface area contributed by atoms with Gasteiger partial charge in [0.15, 0.2) is 0 Å². The first-order valence-electron chi connectivity index (χ1n) is 14.3. The molecule has 0 spiro atoms. The van der Waals surface area contributed by atoms with Crippen LogP contribution in [0.3, 0.4) is 0 Å². The van der Waals surface area contributed by atoms with E-state index in [9.17, 15) is 9.59 Å². The Bertz CT molecular complexity index is 1190. The summed E-state index contributed by atoms with van der Waals surface area (Å²) >= 11 is 0. The molecule has 1 aliphatic rings. The third-order valence-corrected chi connectivity index (χ3v) is 7.58. The molecular weight excluding hydrogens is 488 g/mol. The molecule has 0 amide bonds. The molecule has 1 fully saturated rings. The standard InChI is InChI=1S/C34H40O5/c1-4-6-7-8-25-21-29(22-25)34(36)39-31-15-13-27(14-16-31)26-9-11-28(12-10-26)33(35)38-32-19-17-30(18-20-32)37-23-24(3)5-2/h9-20,24-25,29H,4-8,21-23H2,1-3H3/t24-,25?,29?/m0/s1. The molecule has 39 heavy (non-hydrogen) atoms. The van der Waals surface area contributed by atoms with Gasteiger partial charge in [0.25, 0.3) is 0 Å². The van der Waals surface area contributed by atoms with Crippen LogP contribution in [0.4, 0.5) is 0 Å². The summed E-state index contributed by atoms with van der Waals surface area (Å²) in [6, 6.07) is 21.9. The molecule has 3 aromatic carbocycles. The minimum absolute atomic E-state index is 0.0319. The lowest BCUT2D eigenvalue weighted by atomic mass is 9.72. The van der Waals surface area contributed by atoms with E-state index in [0.717, 1.165) is 36.1 Å². The number of benzene rings is 3. The maximum absolute atomic E-state index is 12.6. The molecule has 0 aliphatic heterocycles. The number of carbonyl (C=O) groups is 2. The lowest BCUT2D eigenvalue weighted by Gasteiger charge is -2.33. The highest BCUT2D eigenvalue weighted by atomic mass is 16.5. The first-order valence-corrected chi connectivity index (χ1v) is 14.3. The van der Waals surface area contributed by atoms with E-state index in [-0.39, 0.29) is 11.9 Å². The van der Waals surface area contributed by atoms with E-state index in [1.165, 1.54) is 25.7 Å². The van der Waals surface area contributed by atoms with Crippen molar-refractivity contribution >= 4 is 11.9 Å². The van der Waals surface area contributed by atoms with Gasteiger partial charge in [-0.1, -0.05) is 77.1 Å². The fraction of sp³-hybridized carbons (Fsp3) is 0.412. The largest absolute Gasteiger partial charge is 0.493 e. The van der Waals surface area contributed by atoms with Crippen LogP contribution >= 0.6 is 0 Å². The zero-order valence-corrected chi connectivity index (χ0v) is 23.4. The van der Waals surface area contributed by atoms with Gasteiger partial charge in [-0.05, 0) is 84.3 Å². The zero-order chi connectivity index (χ0) is 27.6. The molecule has 206 valence electrons. The van der Waals surface area contributed by atoms with Crippen molar-refractivity contribution in [2.75, 3.05) is 6.61 Å². The van der Waals surface area contributed by atoms with E-state index in [1.54, 1.807) is 24.3 Å². The highest BCUT2D eigenvalue weighted by Gasteiger charge is 2.35. The summed E-state index contributed by atoms with van der Waals surface area (Å²) in [5.74, 6) is 2.46. The molecule has 0 aromatic heterocycles. The average Bonchev–Trinajstić information content (AvgIpc) is 2.94. The van der Waals surface area contributed by atoms with Gasteiger partial charge in [-0.3, -0.25) is 4.79 Å². The van der Waals surface area contributed by atoms with Gasteiger partial charge < -0.3 is 14.2 Å². The highest BCUT2D eigenvalue weighted by Crippen LogP contribution is 2.38. The van der Waals surface area contributed by atoms with Gasteiger partial charge in [0.05, 0.1) is 18.1 Å². The van der Waals surface area contributed by atoms with Crippen LogP contribution in [-0.2, 0) is 4.79 Å². The average molecular weight is 529 g/mol. The van der Waals surface area contributed by atoms with E-state index >= 15 is 0 Å². The lowest BCUT2D eigenvalue weighted by Crippen LogP contribution is -2.33. The first-order chi connectivity index (χ1) is 18.9. The van der Waals surface area contributed by atoms with Gasteiger partial charge in [0, 0.05) is 0 Å². The van der Waals surface area contributed by atoms with Crippen LogP contribution in [0.1, 0.15) is 76.1 Å². The molecule has 5 heteroatoms. The Morgan fingerprint density at radius 3 is 1.95 bits per heavy atom. The molecule has 1 aliphatic carbocycles. The second-order valence-electron chi connectivity index (χ2n) is 10.7. The first kappa shape index (κ1) is 28.4. The Morgan fingerprint density at radius 1 is 0.769 bits per heavy atom. The number of rotatable bonds is 13. The van der Waals surface area contributed by atoms with Gasteiger partial charge in [-0.25, -0.2) is 4.79 Å². The van der Waals surface area contributed by atoms with Gasteiger partial charge in [0.1, 0.15) is 17.2 Å². The van der Waals surface area contributed by atoms with Crippen LogP contribution in [-0.4, -0.2) is 18.5 Å². The van der Waals surface area contributed by atoms with Gasteiger partial charge in [-0.2, -0.15) is 0 Å². The number of carbonyl (C=O) groups excluding carboxylic acids is 2. The number of unbranched alkanes of at least 4 members (excludes halogenated alkanes) is 2. The van der Waals surface area contributed by atoms with Gasteiger partial charge in [0.2, 0.25) is 0 Å². The zero-order valence-electron chi connectivity index (χ0n) is 23.4. The van der Waals surface area contributed by atoms with Crippen LogP contribution in [0.2, 0.25) is 0 Å². The number of hydrogen-bond donors (Lipinski definition) is 0. The third-order valence-electron chi connectivity index (χ3n) is 7.58. The van der Waals surface area contributed by atoms with Gasteiger partial charge >= 0.3 is 11.9 Å². The number of ether oxygens (including phenoxy) is 3. The van der Waals surface area contributed by atoms with Crippen LogP contribution in [0.25, 0.3) is 11.1 Å². The lowest BCUT2D eigenvalue weighted by molar-refractivity contribution is -0.143. The molecule has 4 rings (SSSR count). The summed E-state index contributed by atoms with van der Waals surface area (Å²) in [4.78, 5) is 25.1. The molecule has 0 unspecified atom stereocenters. The summed E-state index contributed by atoms with van der Waals surface area (Å²) in [5, 5.41) is 0. The second-order valence-corrected chi connectivity index (χ2v) is 10.7. The molecule has 0 radical (unpaired) electrons. The second kappa shape index (κ2) is 14.0. The van der Waals surface area contributed by atoms with Crippen molar-refractivity contribution in [3.8, 4) is 28.4 Å². The van der Waals surface area contributed by atoms with Crippen molar-refractivity contribution in [2.24, 2.45) is 17.8 Å². The normalized spacial score (nSPS) is 17.1. The molecule has 0 heterocycles. The third kappa shape index (κ3) is 8.19. The van der Waals surface area contributed by atoms with Crippen LogP contribution < -0.4 is 14.2 Å². The predicted octanol–water partition coefficient (Wildman–Crippen LogP) is 8.51. The summed E-state index contributed by atoms with van der Waals surface area (Å²) < 4.78 is 16.9. The molecule has 3 aromatic rings. The van der Waals surface area contributed by atoms with Gasteiger partial charge in [-0.15, -0.1) is 0 Å². The van der Waals surface area contributed by atoms with E-state index in [1.807, 2.05) is 48.5 Å². The molecule has 0 N–H and O–H groups in total. The minimum atomic E-state index is -0.416. The summed E-state index contributed by atoms with van der Waals surface area (Å²) in [7, 11) is 0. The molecule has 1 saturated carbocycles. The summed E-state index contributed by atoms with van der Waals surface area (Å²) in [6.45, 7) is 7.16. The smallest absolute Gasteiger partial charge is 0.343 e. The monoisotopic (exact) mass is 528 g/mol. The maximum Gasteiger partial charge on any atom is 0.343 e. The Balaban J connectivity index is 1.25. The van der Waals surface area contributed by atoms with E-state index in [2.05, 4.69) is 20.8 Å². The fourth-order valence-electron chi connectivity index (χ4n) is 4.69. The maximum atomic E-state index is 12.6. The molecule has 5 nitrogen and oxygen atoms in total. The van der Waals surface area contributed by atoms with Crippen molar-refractivity contribution < 1.29 is 23.8 Å². The molecule has 1 atom stereocenters. The Hall–Kier alpha value is -3.60. The molecule has 0 bridgehead atoms. The van der Waals surface area contributed by atoms with E-state index in [0.29, 0.717) is 35.5 Å². The number of hydrogen-bond acceptors (Lipinski definition) is 5. The molecular formula is C34H40O5. The van der Waals surface area contributed by atoms with Crippen molar-refractivity contribution in [3.63, 3.8) is 0 Å². The Kier molecular flexibility index (Phi) is 10.2. The topological polar surface area (TPSA) is 61.8 Å². The van der Waals surface area contributed by atoms with Crippen LogP contribution in [0.15, 0.2) is 72.8 Å². The fourth-order valence-corrected chi connectivity index (χ4v) is 4.69. The Morgan fingerprint density at radius 2 is 1.33 bits per heavy atom. The number of esters is 2. The van der Waals surface area contributed by atoms with Crippen molar-refractivity contribution in [1.29, 1.82) is 0 Å². The van der Waals surface area contributed by atoms with E-state index in [4.69, 9.17) is 14.2 Å². The van der Waals surface area contributed by atoms with Crippen molar-refractivity contribution in [3.05, 3.63) is 78.4 Å². The SMILES string of the molecule is CCCCCC1CC(C(=O)Oc2ccc(-c3ccc(C(=O)Oc4ccc(OC[C@@H](C)CC)cc4)cc3)cc2)C1. The summed E-state index contributed by atoms with van der Waals surface area (Å²) in [6.07, 6.45) is 7.96. The minimum Gasteiger partial charge on any atom is -0.493 e. The quantitative estimate of drug-likeness (QED) is 0.126. The predicted molar refractivity (Wildman–Crippen MR) is 154 cm³/mol. The Labute approximate surface area is 232 Å². The van der Waals surface area contributed by atoms with E-state index < -0.39 is 5.97 Å². The van der Waals surface area contributed by atoms with Crippen molar-refractivity contribution in [2.45, 2.75) is 65.7 Å².